The predicted octanol–water partition coefficient (Wildman–Crippen LogP) is 3.66. The highest BCUT2D eigenvalue weighted by Gasteiger charge is 2.15. The molecule has 0 spiro atoms. The molecule has 1 saturated heterocycles. The molecule has 6 heteroatoms. The number of piperidine rings is 1. The van der Waals surface area contributed by atoms with Gasteiger partial charge in [-0.2, -0.15) is 0 Å². The quantitative estimate of drug-likeness (QED) is 0.588. The fraction of sp³-hybridized carbons (Fsp3) is 0.611. The third kappa shape index (κ3) is 7.29. The first kappa shape index (κ1) is 23.0. The molecule has 1 atom stereocenters. The number of likely N-dealkylation sites (tertiary alicyclic amines) is 1. The highest BCUT2D eigenvalue weighted by atomic mass is 35.5. The Hall–Kier alpha value is -0.970. The Bertz CT molecular complexity index is 511. The standard InChI is InChI=1S/C18H29N3O.2ClH/c1-14-6-5-11-21(13-14)10-4-3-9-20-18(22)17-12-16(19)8-7-15(17)2;;/h7-8,12,14H,3-6,9-11,13,19H2,1-2H3,(H,20,22);2*1H. The second kappa shape index (κ2) is 11.6. The number of hydrogen-bond donors (Lipinski definition) is 2. The molecule has 1 heterocycles. The van der Waals surface area contributed by atoms with Crippen molar-refractivity contribution in [3.8, 4) is 0 Å². The Labute approximate surface area is 158 Å². The number of nitrogen functional groups attached to an aromatic ring is 1. The van der Waals surface area contributed by atoms with Gasteiger partial charge in [0.25, 0.3) is 5.91 Å². The maximum Gasteiger partial charge on any atom is 0.251 e. The average molecular weight is 376 g/mol. The first-order valence-electron chi connectivity index (χ1n) is 8.43. The molecule has 138 valence electrons. The molecule has 1 aromatic carbocycles. The molecule has 1 aliphatic rings. The first-order valence-corrected chi connectivity index (χ1v) is 8.43. The normalized spacial score (nSPS) is 17.5. The van der Waals surface area contributed by atoms with Crippen LogP contribution in [0.25, 0.3) is 0 Å². The smallest absolute Gasteiger partial charge is 0.251 e. The molecular formula is C18H31Cl2N3O. The van der Waals surface area contributed by atoms with Gasteiger partial charge in [-0.1, -0.05) is 13.0 Å². The zero-order valence-electron chi connectivity index (χ0n) is 14.7. The van der Waals surface area contributed by atoms with Crippen LogP contribution in [0.5, 0.6) is 0 Å². The number of anilines is 1. The number of amides is 1. The van der Waals surface area contributed by atoms with Gasteiger partial charge in [-0.05, 0) is 69.3 Å². The van der Waals surface area contributed by atoms with Crippen LogP contribution < -0.4 is 11.1 Å². The van der Waals surface area contributed by atoms with Crippen LogP contribution in [0.1, 0.15) is 48.5 Å². The van der Waals surface area contributed by atoms with E-state index in [4.69, 9.17) is 5.73 Å². The average Bonchev–Trinajstić information content (AvgIpc) is 2.49. The number of benzene rings is 1. The molecule has 1 unspecified atom stereocenters. The fourth-order valence-electron chi connectivity index (χ4n) is 3.13. The number of carbonyl (C=O) groups is 1. The van der Waals surface area contributed by atoms with E-state index in [0.717, 1.165) is 37.4 Å². The number of rotatable bonds is 6. The summed E-state index contributed by atoms with van der Waals surface area (Å²) < 4.78 is 0. The second-order valence-corrected chi connectivity index (χ2v) is 6.59. The molecule has 0 bridgehead atoms. The lowest BCUT2D eigenvalue weighted by atomic mass is 10.0. The summed E-state index contributed by atoms with van der Waals surface area (Å²) in [4.78, 5) is 14.7. The zero-order chi connectivity index (χ0) is 15.9. The van der Waals surface area contributed by atoms with Crippen molar-refractivity contribution < 1.29 is 4.79 Å². The molecular weight excluding hydrogens is 345 g/mol. The van der Waals surface area contributed by atoms with Crippen molar-refractivity contribution in [3.05, 3.63) is 29.3 Å². The van der Waals surface area contributed by atoms with E-state index in [0.29, 0.717) is 11.3 Å². The van der Waals surface area contributed by atoms with Gasteiger partial charge in [0.2, 0.25) is 0 Å². The van der Waals surface area contributed by atoms with Gasteiger partial charge in [-0.25, -0.2) is 0 Å². The lowest BCUT2D eigenvalue weighted by Gasteiger charge is -2.30. The number of carbonyl (C=O) groups excluding carboxylic acids is 1. The summed E-state index contributed by atoms with van der Waals surface area (Å²) in [5.41, 5.74) is 8.04. The molecule has 0 saturated carbocycles. The van der Waals surface area contributed by atoms with Crippen LogP contribution >= 0.6 is 24.8 Å². The Morgan fingerprint density at radius 1 is 1.33 bits per heavy atom. The number of aryl methyl sites for hydroxylation is 1. The van der Waals surface area contributed by atoms with Gasteiger partial charge in [0.1, 0.15) is 0 Å². The lowest BCUT2D eigenvalue weighted by molar-refractivity contribution is 0.0951. The second-order valence-electron chi connectivity index (χ2n) is 6.59. The van der Waals surface area contributed by atoms with E-state index >= 15 is 0 Å². The number of hydrogen-bond acceptors (Lipinski definition) is 3. The minimum Gasteiger partial charge on any atom is -0.399 e. The number of unbranched alkanes of at least 4 members (excludes halogenated alkanes) is 1. The lowest BCUT2D eigenvalue weighted by Crippen LogP contribution is -2.35. The Morgan fingerprint density at radius 3 is 2.79 bits per heavy atom. The van der Waals surface area contributed by atoms with E-state index in [1.807, 2.05) is 19.1 Å². The van der Waals surface area contributed by atoms with Crippen molar-refractivity contribution in [2.24, 2.45) is 5.92 Å². The highest BCUT2D eigenvalue weighted by molar-refractivity contribution is 5.96. The van der Waals surface area contributed by atoms with Crippen LogP contribution in [0.4, 0.5) is 5.69 Å². The van der Waals surface area contributed by atoms with Crippen LogP contribution in [-0.4, -0.2) is 37.0 Å². The highest BCUT2D eigenvalue weighted by Crippen LogP contribution is 2.15. The molecule has 3 N–H and O–H groups in total. The third-order valence-corrected chi connectivity index (χ3v) is 4.43. The Kier molecular flexibility index (Phi) is 11.1. The maximum atomic E-state index is 12.1. The van der Waals surface area contributed by atoms with Crippen molar-refractivity contribution in [2.45, 2.75) is 39.5 Å². The molecule has 0 radical (unpaired) electrons. The largest absolute Gasteiger partial charge is 0.399 e. The van der Waals surface area contributed by atoms with Crippen molar-refractivity contribution >= 4 is 36.4 Å². The van der Waals surface area contributed by atoms with Crippen molar-refractivity contribution in [3.63, 3.8) is 0 Å². The molecule has 4 nitrogen and oxygen atoms in total. The summed E-state index contributed by atoms with van der Waals surface area (Å²) >= 11 is 0. The summed E-state index contributed by atoms with van der Waals surface area (Å²) in [5.74, 6) is 0.816. The topological polar surface area (TPSA) is 58.4 Å². The molecule has 1 aromatic rings. The van der Waals surface area contributed by atoms with E-state index < -0.39 is 0 Å². The van der Waals surface area contributed by atoms with E-state index in [1.54, 1.807) is 6.07 Å². The van der Waals surface area contributed by atoms with E-state index in [9.17, 15) is 4.79 Å². The molecule has 1 amide bonds. The summed E-state index contributed by atoms with van der Waals surface area (Å²) in [7, 11) is 0. The molecule has 1 fully saturated rings. The van der Waals surface area contributed by atoms with Gasteiger partial charge in [-0.15, -0.1) is 24.8 Å². The van der Waals surface area contributed by atoms with Gasteiger partial charge in [0, 0.05) is 24.3 Å². The van der Waals surface area contributed by atoms with Crippen LogP contribution in [0.15, 0.2) is 18.2 Å². The summed E-state index contributed by atoms with van der Waals surface area (Å²) in [6.45, 7) is 8.62. The third-order valence-electron chi connectivity index (χ3n) is 4.43. The summed E-state index contributed by atoms with van der Waals surface area (Å²) in [6.07, 6.45) is 4.86. The van der Waals surface area contributed by atoms with Crippen molar-refractivity contribution in [1.82, 2.24) is 10.2 Å². The number of nitrogens with zero attached hydrogens (tertiary/aromatic N) is 1. The van der Waals surface area contributed by atoms with E-state index in [1.165, 1.54) is 25.9 Å². The van der Waals surface area contributed by atoms with E-state index in [2.05, 4.69) is 17.1 Å². The van der Waals surface area contributed by atoms with Crippen molar-refractivity contribution in [2.75, 3.05) is 31.9 Å². The van der Waals surface area contributed by atoms with Crippen molar-refractivity contribution in [1.29, 1.82) is 0 Å². The minimum atomic E-state index is -0.0172. The molecule has 1 aliphatic heterocycles. The van der Waals surface area contributed by atoms with Crippen LogP contribution in [0.2, 0.25) is 0 Å². The molecule has 0 aliphatic carbocycles. The van der Waals surface area contributed by atoms with Crippen LogP contribution in [-0.2, 0) is 0 Å². The molecule has 24 heavy (non-hydrogen) atoms. The van der Waals surface area contributed by atoms with Gasteiger partial charge in [0.15, 0.2) is 0 Å². The van der Waals surface area contributed by atoms with Crippen LogP contribution in [0.3, 0.4) is 0 Å². The molecule has 0 aromatic heterocycles. The molecule has 2 rings (SSSR count). The minimum absolute atomic E-state index is 0. The zero-order valence-corrected chi connectivity index (χ0v) is 16.3. The first-order chi connectivity index (χ1) is 10.6. The predicted molar refractivity (Wildman–Crippen MR) is 106 cm³/mol. The number of nitrogens with two attached hydrogens (primary N) is 1. The summed E-state index contributed by atoms with van der Waals surface area (Å²) in [6, 6.07) is 5.47. The number of nitrogens with one attached hydrogen (secondary N) is 1. The van der Waals surface area contributed by atoms with Gasteiger partial charge >= 0.3 is 0 Å². The Balaban J connectivity index is 0.00000264. The van der Waals surface area contributed by atoms with Gasteiger partial charge in [-0.3, -0.25) is 4.79 Å². The van der Waals surface area contributed by atoms with Gasteiger partial charge in [0.05, 0.1) is 0 Å². The SMILES string of the molecule is Cc1ccc(N)cc1C(=O)NCCCCN1CCCC(C)C1.Cl.Cl. The fourth-order valence-corrected chi connectivity index (χ4v) is 3.13. The Morgan fingerprint density at radius 2 is 2.08 bits per heavy atom. The van der Waals surface area contributed by atoms with Crippen LogP contribution in [0, 0.1) is 12.8 Å². The van der Waals surface area contributed by atoms with Gasteiger partial charge < -0.3 is 16.0 Å². The monoisotopic (exact) mass is 375 g/mol. The number of halogens is 2. The maximum absolute atomic E-state index is 12.1. The van der Waals surface area contributed by atoms with E-state index in [-0.39, 0.29) is 30.7 Å². The summed E-state index contributed by atoms with van der Waals surface area (Å²) in [5, 5.41) is 3.00.